The number of aliphatic imine (C=N–C) groups is 1. The molecule has 0 amide bonds. The predicted octanol–water partition coefficient (Wildman–Crippen LogP) is -1.85. The van der Waals surface area contributed by atoms with Crippen LogP contribution in [-0.4, -0.2) is 29.1 Å². The maximum atomic E-state index is 10.1. The summed E-state index contributed by atoms with van der Waals surface area (Å²) in [7, 11) is 0.350. The minimum Gasteiger partial charge on any atom is -0.527 e. The van der Waals surface area contributed by atoms with Crippen LogP contribution in [0.1, 0.15) is 0 Å². The second kappa shape index (κ2) is 4.23. The quantitative estimate of drug-likeness (QED) is 0.251. The van der Waals surface area contributed by atoms with Crippen LogP contribution in [0.4, 0.5) is 0 Å². The largest absolute Gasteiger partial charge is 0.527 e. The predicted molar refractivity (Wildman–Crippen MR) is 29.0 cm³/mol. The Morgan fingerprint density at radius 1 is 1.88 bits per heavy atom. The third kappa shape index (κ3) is 3.26. The number of nitrogens with zero attached hydrogens (tertiary/aromatic N) is 1. The highest BCUT2D eigenvalue weighted by molar-refractivity contribution is 6.05. The molecule has 0 fully saturated rings. The molecule has 0 unspecified atom stereocenters. The van der Waals surface area contributed by atoms with Crippen LogP contribution in [0.15, 0.2) is 4.99 Å². The number of hydrogen-bond donors (Lipinski definition) is 0. The molecule has 0 atom stereocenters. The smallest absolute Gasteiger partial charge is 0.314 e. The number of isocyanates is 1. The average Bonchev–Trinajstić information content (AvgIpc) is 1.83. The summed E-state index contributed by atoms with van der Waals surface area (Å²) < 4.78 is 4.28. The van der Waals surface area contributed by atoms with Crippen LogP contribution < -0.4 is 0 Å². The zero-order valence-corrected chi connectivity index (χ0v) is 6.38. The lowest BCUT2D eigenvalue weighted by Gasteiger charge is -1.88. The number of carbonyl (C=O) groups excluding carboxylic acids is 2. The zero-order chi connectivity index (χ0) is 6.41. The van der Waals surface area contributed by atoms with E-state index in [1.165, 1.54) is 6.08 Å². The standard InChI is InChI=1S/C3H5NO3Si/c5-2-4-1-3(6)7-8/h1H2,8H3. The fraction of sp³-hybridized carbons (Fsp3) is 0.333. The molecule has 0 bridgehead atoms. The highest BCUT2D eigenvalue weighted by atomic mass is 28.2. The Labute approximate surface area is 49.1 Å². The fourth-order valence-electron chi connectivity index (χ4n) is 0.161. The van der Waals surface area contributed by atoms with Crippen molar-refractivity contribution in [2.75, 3.05) is 6.54 Å². The maximum absolute atomic E-state index is 10.1. The topological polar surface area (TPSA) is 55.7 Å². The van der Waals surface area contributed by atoms with Crippen molar-refractivity contribution in [3.8, 4) is 0 Å². The van der Waals surface area contributed by atoms with Crippen molar-refractivity contribution < 1.29 is 14.0 Å². The normalized spacial score (nSPS) is 7.50. The molecule has 0 aromatic rings. The van der Waals surface area contributed by atoms with Crippen molar-refractivity contribution in [1.29, 1.82) is 0 Å². The van der Waals surface area contributed by atoms with Gasteiger partial charge in [-0.3, -0.25) is 4.79 Å². The van der Waals surface area contributed by atoms with E-state index in [9.17, 15) is 9.59 Å². The van der Waals surface area contributed by atoms with Crippen LogP contribution in [0, 0.1) is 0 Å². The summed E-state index contributed by atoms with van der Waals surface area (Å²) in [5.41, 5.74) is 0. The molecule has 0 aliphatic heterocycles. The van der Waals surface area contributed by atoms with Gasteiger partial charge in [0.1, 0.15) is 6.54 Å². The Bertz CT molecular complexity index is 128. The average molecular weight is 131 g/mol. The van der Waals surface area contributed by atoms with Crippen molar-refractivity contribution in [3.05, 3.63) is 0 Å². The van der Waals surface area contributed by atoms with E-state index in [0.29, 0.717) is 10.5 Å². The van der Waals surface area contributed by atoms with Crippen molar-refractivity contribution in [1.82, 2.24) is 0 Å². The van der Waals surface area contributed by atoms with Crippen LogP contribution >= 0.6 is 0 Å². The second-order valence-electron chi connectivity index (χ2n) is 0.984. The first-order valence-corrected chi connectivity index (χ1v) is 2.73. The van der Waals surface area contributed by atoms with Gasteiger partial charge in [0.05, 0.1) is 0 Å². The van der Waals surface area contributed by atoms with Crippen molar-refractivity contribution in [2.45, 2.75) is 0 Å². The summed E-state index contributed by atoms with van der Waals surface area (Å²) in [4.78, 5) is 22.4. The first kappa shape index (κ1) is 7.07. The molecule has 0 aliphatic rings. The number of carbonyl (C=O) groups is 1. The highest BCUT2D eigenvalue weighted by Gasteiger charge is 1.92. The van der Waals surface area contributed by atoms with Gasteiger partial charge in [0.15, 0.2) is 0 Å². The molecular formula is C3H5NO3Si. The molecule has 5 heteroatoms. The van der Waals surface area contributed by atoms with Crippen LogP contribution in [0.5, 0.6) is 0 Å². The van der Waals surface area contributed by atoms with Gasteiger partial charge < -0.3 is 4.43 Å². The summed E-state index contributed by atoms with van der Waals surface area (Å²) in [6.07, 6.45) is 1.22. The molecule has 8 heavy (non-hydrogen) atoms. The maximum Gasteiger partial charge on any atom is 0.314 e. The van der Waals surface area contributed by atoms with Gasteiger partial charge in [-0.05, 0) is 0 Å². The number of rotatable bonds is 2. The lowest BCUT2D eigenvalue weighted by atomic mass is 10.7. The molecule has 0 rings (SSSR count). The zero-order valence-electron chi connectivity index (χ0n) is 4.38. The van der Waals surface area contributed by atoms with E-state index in [4.69, 9.17) is 0 Å². The third-order valence-electron chi connectivity index (χ3n) is 0.500. The van der Waals surface area contributed by atoms with Crippen LogP contribution in [0.25, 0.3) is 0 Å². The van der Waals surface area contributed by atoms with Gasteiger partial charge in [-0.2, -0.15) is 4.99 Å². The summed E-state index contributed by atoms with van der Waals surface area (Å²) in [5, 5.41) is 0. The van der Waals surface area contributed by atoms with Crippen molar-refractivity contribution in [3.63, 3.8) is 0 Å². The van der Waals surface area contributed by atoms with Crippen LogP contribution in [0.3, 0.4) is 0 Å². The minimum absolute atomic E-state index is 0.201. The van der Waals surface area contributed by atoms with Crippen LogP contribution in [0.2, 0.25) is 0 Å². The van der Waals surface area contributed by atoms with E-state index < -0.39 is 5.97 Å². The molecule has 0 saturated carbocycles. The molecule has 0 N–H and O–H groups in total. The first-order valence-electron chi connectivity index (χ1n) is 1.91. The summed E-state index contributed by atoms with van der Waals surface area (Å²) in [6, 6.07) is 0. The monoisotopic (exact) mass is 131 g/mol. The summed E-state index contributed by atoms with van der Waals surface area (Å²) in [5.74, 6) is -0.472. The highest BCUT2D eigenvalue weighted by Crippen LogP contribution is 1.70. The molecule has 0 aromatic carbocycles. The van der Waals surface area contributed by atoms with Crippen molar-refractivity contribution in [2.24, 2.45) is 4.99 Å². The minimum atomic E-state index is -0.472. The number of hydrogen-bond acceptors (Lipinski definition) is 4. The molecule has 0 heterocycles. The van der Waals surface area contributed by atoms with Gasteiger partial charge in [0.25, 0.3) is 0 Å². The Balaban J connectivity index is 3.39. The molecule has 0 aromatic heterocycles. The summed E-state index contributed by atoms with van der Waals surface area (Å²) in [6.45, 7) is -0.201. The Hall–Kier alpha value is -0.933. The van der Waals surface area contributed by atoms with E-state index in [2.05, 4.69) is 9.42 Å². The van der Waals surface area contributed by atoms with E-state index >= 15 is 0 Å². The lowest BCUT2D eigenvalue weighted by molar-refractivity contribution is -0.132. The SMILES string of the molecule is O=C=NCC(=O)O[SiH3]. The molecule has 44 valence electrons. The van der Waals surface area contributed by atoms with Gasteiger partial charge >= 0.3 is 5.97 Å². The van der Waals surface area contributed by atoms with Gasteiger partial charge in [-0.15, -0.1) is 0 Å². The van der Waals surface area contributed by atoms with E-state index in [0.717, 1.165) is 0 Å². The lowest BCUT2D eigenvalue weighted by Crippen LogP contribution is -2.04. The third-order valence-corrected chi connectivity index (χ3v) is 0.956. The molecule has 4 nitrogen and oxygen atoms in total. The van der Waals surface area contributed by atoms with Gasteiger partial charge in [0, 0.05) is 0 Å². The second-order valence-corrected chi connectivity index (χ2v) is 1.39. The van der Waals surface area contributed by atoms with Crippen molar-refractivity contribution >= 4 is 22.5 Å². The molecule has 0 aliphatic carbocycles. The van der Waals surface area contributed by atoms with E-state index in [1.54, 1.807) is 0 Å². The first-order chi connectivity index (χ1) is 3.81. The molecule has 0 spiro atoms. The Morgan fingerprint density at radius 3 is 2.88 bits per heavy atom. The Morgan fingerprint density at radius 2 is 2.50 bits per heavy atom. The van der Waals surface area contributed by atoms with Crippen LogP contribution in [-0.2, 0) is 14.0 Å². The van der Waals surface area contributed by atoms with E-state index in [-0.39, 0.29) is 6.54 Å². The fourth-order valence-corrected chi connectivity index (χ4v) is 0.290. The Kier molecular flexibility index (Phi) is 3.74. The molecule has 0 saturated heterocycles. The van der Waals surface area contributed by atoms with Gasteiger partial charge in [0.2, 0.25) is 16.6 Å². The summed E-state index contributed by atoms with van der Waals surface area (Å²) >= 11 is 0. The van der Waals surface area contributed by atoms with Gasteiger partial charge in [-0.1, -0.05) is 0 Å². The molecular weight excluding hydrogens is 126 g/mol. The van der Waals surface area contributed by atoms with E-state index in [1.807, 2.05) is 0 Å². The molecule has 0 radical (unpaired) electrons. The van der Waals surface area contributed by atoms with Gasteiger partial charge in [-0.25, -0.2) is 4.79 Å².